The van der Waals surface area contributed by atoms with Crippen molar-refractivity contribution in [2.75, 3.05) is 0 Å². The molecule has 15 rings (SSSR count). The Kier molecular flexibility index (Phi) is 13.7. The molecule has 0 aliphatic carbocycles. The van der Waals surface area contributed by atoms with E-state index in [0.717, 1.165) is 21.3 Å². The summed E-state index contributed by atoms with van der Waals surface area (Å²) in [5, 5.41) is 7.39. The first kappa shape index (κ1) is 56.0. The molecule has 0 unspecified atom stereocenters. The van der Waals surface area contributed by atoms with E-state index in [9.17, 15) is 0 Å². The Labute approximate surface area is 501 Å². The van der Waals surface area contributed by atoms with Crippen LogP contribution in [0.25, 0.3) is 88.2 Å². The molecule has 0 N–H and O–H groups in total. The summed E-state index contributed by atoms with van der Waals surface area (Å²) in [7, 11) is -1.35. The van der Waals surface area contributed by atoms with E-state index in [0.29, 0.717) is 0 Å². The monoisotopic (exact) mass is 1170 g/mol. The van der Waals surface area contributed by atoms with E-state index in [-0.39, 0.29) is 33.6 Å². The molecule has 0 atom stereocenters. The molecule has 422 valence electrons. The van der Waals surface area contributed by atoms with Gasteiger partial charge in [-0.3, -0.25) is 0 Å². The Balaban J connectivity index is 0.000000125. The summed E-state index contributed by atoms with van der Waals surface area (Å²) in [6.07, 6.45) is 4.31. The first-order valence-corrected chi connectivity index (χ1v) is 29.9. The van der Waals surface area contributed by atoms with E-state index in [1.165, 1.54) is 76.8 Å². The molecule has 4 aromatic heterocycles. The Morgan fingerprint density at radius 3 is 1.04 bits per heavy atom. The zero-order valence-electron chi connectivity index (χ0n) is 50.0. The smallest absolute Gasteiger partial charge is 0.405 e. The van der Waals surface area contributed by atoms with Gasteiger partial charge in [-0.1, -0.05) is 101 Å². The van der Waals surface area contributed by atoms with E-state index in [2.05, 4.69) is 268 Å². The van der Waals surface area contributed by atoms with Gasteiger partial charge in [0, 0.05) is 71.9 Å². The number of rotatable bonds is 6. The second-order valence-electron chi connectivity index (χ2n) is 25.5. The second kappa shape index (κ2) is 20.5. The molecule has 0 spiro atoms. The minimum Gasteiger partial charge on any atom is -0.405 e. The number of aromatic nitrogens is 4. The van der Waals surface area contributed by atoms with Crippen LogP contribution in [0.3, 0.4) is 0 Å². The van der Waals surface area contributed by atoms with Crippen molar-refractivity contribution >= 4 is 108 Å². The maximum atomic E-state index is 6.39. The summed E-state index contributed by atoms with van der Waals surface area (Å²) in [4.78, 5) is 0. The molecule has 84 heavy (non-hydrogen) atoms. The Morgan fingerprint density at radius 1 is 0.310 bits per heavy atom. The molecular weight excluding hydrogens is 1110 g/mol. The highest BCUT2D eigenvalue weighted by atomic mass is 79.9. The summed E-state index contributed by atoms with van der Waals surface area (Å²) in [5.74, 6) is 0. The number of hydrogen-bond donors (Lipinski definition) is 0. The van der Waals surface area contributed by atoms with E-state index in [1.54, 1.807) is 0 Å². The summed E-state index contributed by atoms with van der Waals surface area (Å²) in [6, 6.07) is 69.0. The normalized spacial score (nSPS) is 18.3. The van der Waals surface area contributed by atoms with Crippen molar-refractivity contribution in [2.24, 2.45) is 0 Å². The van der Waals surface area contributed by atoms with Gasteiger partial charge in [0.2, 0.25) is 0 Å². The minimum absolute atomic E-state index is 0.360. The lowest BCUT2D eigenvalue weighted by Crippen LogP contribution is -2.41. The lowest BCUT2D eigenvalue weighted by molar-refractivity contribution is 0.00578. The van der Waals surface area contributed by atoms with Gasteiger partial charge in [0.15, 0.2) is 0 Å². The number of nitrogens with zero attached hydrogens (tertiary/aromatic N) is 4. The van der Waals surface area contributed by atoms with Gasteiger partial charge >= 0.3 is 21.1 Å². The summed E-state index contributed by atoms with van der Waals surface area (Å²) < 4.78 is 47.0. The van der Waals surface area contributed by atoms with Crippen molar-refractivity contribution in [3.63, 3.8) is 0 Å². The van der Waals surface area contributed by atoms with Crippen molar-refractivity contribution in [1.82, 2.24) is 18.3 Å². The van der Waals surface area contributed by atoms with Crippen LogP contribution in [0.1, 0.15) is 83.1 Å². The Bertz CT molecular complexity index is 4360. The number of para-hydroxylation sites is 4. The van der Waals surface area contributed by atoms with Crippen LogP contribution in [0.4, 0.5) is 0 Å². The van der Waals surface area contributed by atoms with Crippen molar-refractivity contribution in [3.8, 4) is 22.7 Å². The number of halogens is 1. The molecule has 0 radical (unpaired) electrons. The van der Waals surface area contributed by atoms with Gasteiger partial charge in [0.25, 0.3) is 0 Å². The van der Waals surface area contributed by atoms with Gasteiger partial charge in [-0.05, 0) is 198 Å². The SMILES string of the molecule is Brc1ccc2c(c1)c1cc3ccn(-c4ccccc4)c3cc1n2-c1ccccc1.CC1(C)OB(B2OC(C)(C)C(C)(C)O2)OC1(C)C.CC1(C)OB(c2ccc3c(c2)c2cc4ccn(-c5ccccc5)c4cc2n3-c2ccccc2)OC1(C)C. The predicted octanol–water partition coefficient (Wildman–Crippen LogP) is 16.8. The fourth-order valence-corrected chi connectivity index (χ4v) is 12.1. The molecule has 8 aromatic carbocycles. The second-order valence-corrected chi connectivity index (χ2v) is 26.4. The molecule has 0 saturated carbocycles. The minimum atomic E-state index is -0.476. The first-order chi connectivity index (χ1) is 40.0. The van der Waals surface area contributed by atoms with Crippen LogP contribution < -0.4 is 5.46 Å². The highest BCUT2D eigenvalue weighted by molar-refractivity contribution is 9.10. The number of benzene rings is 8. The van der Waals surface area contributed by atoms with Crippen molar-refractivity contribution < 1.29 is 27.9 Å². The third-order valence-electron chi connectivity index (χ3n) is 18.5. The largest absolute Gasteiger partial charge is 0.494 e. The molecule has 3 aliphatic rings. The van der Waals surface area contributed by atoms with Crippen molar-refractivity contribution in [1.29, 1.82) is 0 Å². The highest BCUT2D eigenvalue weighted by Crippen LogP contribution is 2.44. The first-order valence-electron chi connectivity index (χ1n) is 29.1. The third-order valence-corrected chi connectivity index (χ3v) is 19.0. The average Bonchev–Trinajstić information content (AvgIpc) is 1.78. The molecule has 14 heteroatoms. The average molecular weight is 1180 g/mol. The molecule has 3 fully saturated rings. The van der Waals surface area contributed by atoms with E-state index in [4.69, 9.17) is 27.9 Å². The Hall–Kier alpha value is -7.13. The van der Waals surface area contributed by atoms with Gasteiger partial charge in [-0.15, -0.1) is 0 Å². The molecule has 0 bridgehead atoms. The standard InChI is InChI=1S/C32H29BN2O2.C26H17BrN2.C12H24B2O4/c1-31(2)32(3,4)37-33(36-31)23-15-16-28-27(20-23)26-19-22-17-18-34(24-11-7-5-8-12-24)29(22)21-30(26)35(28)25-13-9-6-10-14-25;27-19-11-12-24-23(16-19)22-15-18-13-14-28(20-7-3-1-4-8-20)25(18)17-26(22)29(24)21-9-5-2-6-10-21;1-9(2)10(3,4)16-13(15-9)14-17-11(5,6)12(7,8)18-14/h5-21H,1-4H3;1-17H;1-8H3. The maximum absolute atomic E-state index is 6.39. The Morgan fingerprint density at radius 2 is 0.643 bits per heavy atom. The van der Waals surface area contributed by atoms with Crippen molar-refractivity contribution in [3.05, 3.63) is 211 Å². The molecule has 10 nitrogen and oxygen atoms in total. The van der Waals surface area contributed by atoms with E-state index < -0.39 is 21.1 Å². The van der Waals surface area contributed by atoms with E-state index in [1.807, 2.05) is 55.4 Å². The van der Waals surface area contributed by atoms with Gasteiger partial charge in [0.1, 0.15) is 0 Å². The van der Waals surface area contributed by atoms with Crippen LogP contribution >= 0.6 is 15.9 Å². The van der Waals surface area contributed by atoms with Gasteiger partial charge < -0.3 is 46.2 Å². The quantitative estimate of drug-likeness (QED) is 0.154. The van der Waals surface area contributed by atoms with Gasteiger partial charge in [-0.2, -0.15) is 0 Å². The maximum Gasteiger partial charge on any atom is 0.494 e. The van der Waals surface area contributed by atoms with Crippen LogP contribution in [0, 0.1) is 0 Å². The molecule has 0 amide bonds. The number of fused-ring (bicyclic) bond motifs is 8. The van der Waals surface area contributed by atoms with Gasteiger partial charge in [0.05, 0.1) is 66.7 Å². The lowest BCUT2D eigenvalue weighted by Gasteiger charge is -2.32. The van der Waals surface area contributed by atoms with Crippen LogP contribution in [-0.4, -0.2) is 73.0 Å². The van der Waals surface area contributed by atoms with Crippen LogP contribution in [0.5, 0.6) is 0 Å². The van der Waals surface area contributed by atoms with Gasteiger partial charge in [-0.25, -0.2) is 0 Å². The fourth-order valence-electron chi connectivity index (χ4n) is 11.8. The lowest BCUT2D eigenvalue weighted by atomic mass is 9.49. The van der Waals surface area contributed by atoms with E-state index >= 15 is 0 Å². The number of hydrogen-bond acceptors (Lipinski definition) is 6. The molecular formula is C70H70B3BrN4O6. The summed E-state index contributed by atoms with van der Waals surface area (Å²) in [5.41, 5.74) is 10.7. The molecule has 7 heterocycles. The highest BCUT2D eigenvalue weighted by Gasteiger charge is 2.64. The van der Waals surface area contributed by atoms with Crippen molar-refractivity contribution in [2.45, 2.75) is 117 Å². The van der Waals surface area contributed by atoms with Crippen LogP contribution in [0.2, 0.25) is 0 Å². The summed E-state index contributed by atoms with van der Waals surface area (Å²) in [6.45, 7) is 24.6. The topological polar surface area (TPSA) is 75.1 Å². The summed E-state index contributed by atoms with van der Waals surface area (Å²) >= 11 is 3.65. The molecule has 3 saturated heterocycles. The zero-order valence-corrected chi connectivity index (χ0v) is 51.6. The molecule has 3 aliphatic heterocycles. The van der Waals surface area contributed by atoms with Crippen LogP contribution in [0.15, 0.2) is 211 Å². The fraction of sp³-hybridized carbons (Fsp3) is 0.257. The molecule has 12 aromatic rings. The zero-order chi connectivity index (χ0) is 58.7. The van der Waals surface area contributed by atoms with Crippen LogP contribution in [-0.2, 0) is 27.9 Å². The third kappa shape index (κ3) is 9.64. The predicted molar refractivity (Wildman–Crippen MR) is 351 cm³/mol.